The summed E-state index contributed by atoms with van der Waals surface area (Å²) in [6.07, 6.45) is 0. The molecule has 9 heteroatoms. The highest BCUT2D eigenvalue weighted by atomic mass is 35.5. The summed E-state index contributed by atoms with van der Waals surface area (Å²) < 4.78 is 10.5. The number of H-pyrrole nitrogens is 1. The van der Waals surface area contributed by atoms with E-state index < -0.39 is 0 Å². The van der Waals surface area contributed by atoms with Crippen molar-refractivity contribution in [1.82, 2.24) is 15.2 Å². The fourth-order valence-electron chi connectivity index (χ4n) is 2.26. The molecule has 7 nitrogen and oxygen atoms in total. The minimum absolute atomic E-state index is 0.157. The Morgan fingerprint density at radius 3 is 2.56 bits per heavy atom. The largest absolute Gasteiger partial charge is 0.497 e. The minimum atomic E-state index is -0.192. The number of aromatic nitrogens is 3. The maximum Gasteiger partial charge on any atom is 0.234 e. The molecule has 0 spiro atoms. The lowest BCUT2D eigenvalue weighted by Gasteiger charge is -2.06. The van der Waals surface area contributed by atoms with Gasteiger partial charge in [0.2, 0.25) is 11.1 Å². The first kappa shape index (κ1) is 19.1. The number of amides is 1. The highest BCUT2D eigenvalue weighted by Crippen LogP contribution is 2.29. The molecule has 0 aliphatic heterocycles. The van der Waals surface area contributed by atoms with Crippen LogP contribution < -0.4 is 14.8 Å². The van der Waals surface area contributed by atoms with Gasteiger partial charge in [0, 0.05) is 11.6 Å². The lowest BCUT2D eigenvalue weighted by atomic mass is 10.2. The minimum Gasteiger partial charge on any atom is -0.497 e. The normalized spacial score (nSPS) is 10.5. The first-order valence-electron chi connectivity index (χ1n) is 7.92. The van der Waals surface area contributed by atoms with Crippen molar-refractivity contribution < 1.29 is 14.3 Å². The molecule has 2 N–H and O–H groups in total. The van der Waals surface area contributed by atoms with Crippen LogP contribution in [0, 0.1) is 0 Å². The summed E-state index contributed by atoms with van der Waals surface area (Å²) in [5, 5.41) is 10.7. The summed E-state index contributed by atoms with van der Waals surface area (Å²) in [6, 6.07) is 12.5. The quantitative estimate of drug-likeness (QED) is 0.581. The standard InChI is InChI=1S/C18H17ClN4O3S/c1-25-12-7-11(8-13(9-12)26-2)17-21-18(23-22-17)27-10-16(24)20-15-6-4-3-5-14(15)19/h3-9H,10H2,1-2H3,(H,20,24)(H,21,22,23). The van der Waals surface area contributed by atoms with Crippen LogP contribution in [0.5, 0.6) is 11.5 Å². The monoisotopic (exact) mass is 404 g/mol. The van der Waals surface area contributed by atoms with Crippen LogP contribution in [0.2, 0.25) is 5.02 Å². The van der Waals surface area contributed by atoms with Gasteiger partial charge in [-0.05, 0) is 24.3 Å². The number of hydrogen-bond donors (Lipinski definition) is 2. The number of hydrogen-bond acceptors (Lipinski definition) is 6. The molecule has 1 amide bonds. The predicted octanol–water partition coefficient (Wildman–Crippen LogP) is 3.87. The topological polar surface area (TPSA) is 89.1 Å². The molecule has 3 rings (SSSR count). The fourth-order valence-corrected chi connectivity index (χ4v) is 3.04. The van der Waals surface area contributed by atoms with Crippen molar-refractivity contribution in [1.29, 1.82) is 0 Å². The summed E-state index contributed by atoms with van der Waals surface area (Å²) >= 11 is 7.25. The molecule has 0 saturated heterocycles. The van der Waals surface area contributed by atoms with E-state index in [1.807, 2.05) is 12.1 Å². The molecule has 0 radical (unpaired) electrons. The zero-order valence-electron chi connectivity index (χ0n) is 14.7. The van der Waals surface area contributed by atoms with Gasteiger partial charge in [-0.15, -0.1) is 5.10 Å². The highest BCUT2D eigenvalue weighted by molar-refractivity contribution is 7.99. The number of benzene rings is 2. The van der Waals surface area contributed by atoms with E-state index in [0.29, 0.717) is 33.2 Å². The molecule has 0 fully saturated rings. The van der Waals surface area contributed by atoms with Crippen LogP contribution in [0.15, 0.2) is 47.6 Å². The van der Waals surface area contributed by atoms with Crippen LogP contribution in [-0.4, -0.2) is 41.1 Å². The molecule has 3 aromatic rings. The second-order valence-electron chi connectivity index (χ2n) is 5.38. The second-order valence-corrected chi connectivity index (χ2v) is 6.73. The third-order valence-electron chi connectivity index (χ3n) is 3.57. The number of nitrogens with zero attached hydrogens (tertiary/aromatic N) is 2. The van der Waals surface area contributed by atoms with E-state index in [0.717, 1.165) is 5.56 Å². The van der Waals surface area contributed by atoms with Gasteiger partial charge in [-0.3, -0.25) is 9.89 Å². The number of halogens is 1. The molecular weight excluding hydrogens is 388 g/mol. The molecule has 0 atom stereocenters. The molecule has 0 bridgehead atoms. The first-order valence-corrected chi connectivity index (χ1v) is 9.28. The van der Waals surface area contributed by atoms with Crippen LogP contribution in [0.1, 0.15) is 0 Å². The van der Waals surface area contributed by atoms with E-state index >= 15 is 0 Å². The summed E-state index contributed by atoms with van der Waals surface area (Å²) in [4.78, 5) is 16.5. The van der Waals surface area contributed by atoms with Crippen LogP contribution in [0.3, 0.4) is 0 Å². The van der Waals surface area contributed by atoms with E-state index in [9.17, 15) is 4.79 Å². The third kappa shape index (κ3) is 4.93. The van der Waals surface area contributed by atoms with Gasteiger partial charge in [0.05, 0.1) is 30.7 Å². The van der Waals surface area contributed by atoms with Crippen molar-refractivity contribution in [3.05, 3.63) is 47.5 Å². The van der Waals surface area contributed by atoms with Gasteiger partial charge in [0.25, 0.3) is 0 Å². The molecule has 0 aliphatic carbocycles. The van der Waals surface area contributed by atoms with Crippen molar-refractivity contribution in [3.8, 4) is 22.9 Å². The number of rotatable bonds is 7. The SMILES string of the molecule is COc1cc(OC)cc(-c2nc(SCC(=O)Nc3ccccc3Cl)n[nH]2)c1. The third-order valence-corrected chi connectivity index (χ3v) is 4.75. The Hall–Kier alpha value is -2.71. The van der Waals surface area contributed by atoms with E-state index in [4.69, 9.17) is 21.1 Å². The summed E-state index contributed by atoms with van der Waals surface area (Å²) in [7, 11) is 3.16. The summed E-state index contributed by atoms with van der Waals surface area (Å²) in [6.45, 7) is 0. The Morgan fingerprint density at radius 1 is 1.19 bits per heavy atom. The van der Waals surface area contributed by atoms with Gasteiger partial charge < -0.3 is 14.8 Å². The van der Waals surface area contributed by atoms with Gasteiger partial charge in [0.15, 0.2) is 5.82 Å². The van der Waals surface area contributed by atoms with Crippen molar-refractivity contribution in [2.45, 2.75) is 5.16 Å². The lowest BCUT2D eigenvalue weighted by molar-refractivity contribution is -0.113. The van der Waals surface area contributed by atoms with Crippen molar-refractivity contribution in [2.24, 2.45) is 0 Å². The molecule has 1 heterocycles. The van der Waals surface area contributed by atoms with E-state index in [1.54, 1.807) is 44.6 Å². The smallest absolute Gasteiger partial charge is 0.234 e. The molecule has 0 saturated carbocycles. The molecule has 2 aromatic carbocycles. The number of thioether (sulfide) groups is 1. The molecule has 0 aliphatic rings. The number of methoxy groups -OCH3 is 2. The first-order chi connectivity index (χ1) is 13.1. The highest BCUT2D eigenvalue weighted by Gasteiger charge is 2.12. The Morgan fingerprint density at radius 2 is 1.89 bits per heavy atom. The zero-order chi connectivity index (χ0) is 19.2. The number of carbonyl (C=O) groups is 1. The second kappa shape index (κ2) is 8.79. The maximum atomic E-state index is 12.1. The van der Waals surface area contributed by atoms with E-state index in [2.05, 4.69) is 20.5 Å². The number of para-hydroxylation sites is 1. The molecule has 140 valence electrons. The van der Waals surface area contributed by atoms with Gasteiger partial charge in [-0.25, -0.2) is 4.98 Å². The number of carbonyl (C=O) groups excluding carboxylic acids is 1. The van der Waals surface area contributed by atoms with E-state index in [-0.39, 0.29) is 11.7 Å². The molecular formula is C18H17ClN4O3S. The van der Waals surface area contributed by atoms with Crippen molar-refractivity contribution in [2.75, 3.05) is 25.3 Å². The number of anilines is 1. The summed E-state index contributed by atoms with van der Waals surface area (Å²) in [5.74, 6) is 1.82. The summed E-state index contributed by atoms with van der Waals surface area (Å²) in [5.41, 5.74) is 1.34. The molecule has 0 unspecified atom stereocenters. The van der Waals surface area contributed by atoms with Gasteiger partial charge >= 0.3 is 0 Å². The van der Waals surface area contributed by atoms with Crippen LogP contribution >= 0.6 is 23.4 Å². The number of nitrogens with one attached hydrogen (secondary N) is 2. The Balaban J connectivity index is 1.64. The maximum absolute atomic E-state index is 12.1. The van der Waals surface area contributed by atoms with Crippen molar-refractivity contribution >= 4 is 35.0 Å². The Bertz CT molecular complexity index is 926. The Labute approximate surface area is 165 Å². The van der Waals surface area contributed by atoms with E-state index in [1.165, 1.54) is 11.8 Å². The average molecular weight is 405 g/mol. The van der Waals surface area contributed by atoms with Gasteiger partial charge in [0.1, 0.15) is 11.5 Å². The van der Waals surface area contributed by atoms with Crippen LogP contribution in [0.25, 0.3) is 11.4 Å². The van der Waals surface area contributed by atoms with Crippen LogP contribution in [-0.2, 0) is 4.79 Å². The lowest BCUT2D eigenvalue weighted by Crippen LogP contribution is -2.14. The average Bonchev–Trinajstić information content (AvgIpc) is 3.17. The number of aromatic amines is 1. The van der Waals surface area contributed by atoms with Crippen molar-refractivity contribution in [3.63, 3.8) is 0 Å². The van der Waals surface area contributed by atoms with Gasteiger partial charge in [-0.2, -0.15) is 0 Å². The molecule has 1 aromatic heterocycles. The fraction of sp³-hybridized carbons (Fsp3) is 0.167. The number of ether oxygens (including phenoxy) is 2. The Kier molecular flexibility index (Phi) is 6.20. The van der Waals surface area contributed by atoms with Gasteiger partial charge in [-0.1, -0.05) is 35.5 Å². The zero-order valence-corrected chi connectivity index (χ0v) is 16.2. The predicted molar refractivity (Wildman–Crippen MR) is 106 cm³/mol. The van der Waals surface area contributed by atoms with Crippen LogP contribution in [0.4, 0.5) is 5.69 Å². The molecule has 27 heavy (non-hydrogen) atoms.